The van der Waals surface area contributed by atoms with Crippen LogP contribution in [0.2, 0.25) is 0 Å². The monoisotopic (exact) mass is 530 g/mol. The van der Waals surface area contributed by atoms with Crippen LogP contribution < -0.4 is 15.0 Å². The normalized spacial score (nSPS) is 12.7. The molecule has 0 saturated carbocycles. The van der Waals surface area contributed by atoms with Gasteiger partial charge in [0.15, 0.2) is 11.4 Å². The third-order valence-electron chi connectivity index (χ3n) is 6.04. The molecule has 0 spiro atoms. The molecule has 2 amide bonds. The molecule has 0 atom stereocenters. The van der Waals surface area contributed by atoms with Crippen LogP contribution >= 0.6 is 11.8 Å². The molecule has 3 heterocycles. The maximum absolute atomic E-state index is 13.0. The Morgan fingerprint density at radius 2 is 2.03 bits per heavy atom. The number of allylic oxidation sites excluding steroid dienone is 2. The van der Waals surface area contributed by atoms with Crippen LogP contribution in [0.25, 0.3) is 11.3 Å². The summed E-state index contributed by atoms with van der Waals surface area (Å²) in [6, 6.07) is 12.8. The fraction of sp³-hybridized carbons (Fsp3) is 0.241. The number of thioether (sulfide) groups is 1. The van der Waals surface area contributed by atoms with Gasteiger partial charge in [0.1, 0.15) is 0 Å². The number of carbonyl (C=O) groups excluding carboxylic acids is 1. The zero-order valence-corrected chi connectivity index (χ0v) is 22.0. The lowest BCUT2D eigenvalue weighted by molar-refractivity contribution is 0.0685. The quantitative estimate of drug-likeness (QED) is 0.256. The Kier molecular flexibility index (Phi) is 9.16. The largest absolute Gasteiger partial charge is 0.491 e. The number of aromatic nitrogens is 2. The number of fused-ring (bicyclic) bond motifs is 1. The average molecular weight is 531 g/mol. The molecule has 4 rings (SSSR count). The standard InChI is InChI=1S/C29H30N4O4S/c1-3-5-20(2)38-19-31-29(36)33-16-4-6-22-7-8-23(18-25(22)33)24-9-10-26(27(32-24)28(34)35)37-17-13-21-11-14-30-15-12-21/h3,5,7-12,14-15,18H,2,4,6,13,16-17,19H2,1H3,(H,31,36)(H,34,35)/b5-3-. The van der Waals surface area contributed by atoms with E-state index >= 15 is 0 Å². The number of amides is 2. The molecule has 0 radical (unpaired) electrons. The number of carboxylic acid groups (broad SMARTS) is 1. The molecule has 0 saturated heterocycles. The molecular formula is C29H30N4O4S. The van der Waals surface area contributed by atoms with E-state index in [1.165, 1.54) is 11.8 Å². The van der Waals surface area contributed by atoms with E-state index in [1.54, 1.807) is 29.4 Å². The summed E-state index contributed by atoms with van der Waals surface area (Å²) in [7, 11) is 0. The minimum absolute atomic E-state index is 0.150. The second kappa shape index (κ2) is 12.9. The van der Waals surface area contributed by atoms with Gasteiger partial charge in [-0.25, -0.2) is 14.6 Å². The van der Waals surface area contributed by atoms with E-state index < -0.39 is 5.97 Å². The molecule has 1 aromatic carbocycles. The highest BCUT2D eigenvalue weighted by Gasteiger charge is 2.24. The van der Waals surface area contributed by atoms with E-state index in [-0.39, 0.29) is 17.5 Å². The van der Waals surface area contributed by atoms with Crippen LogP contribution in [0.5, 0.6) is 5.75 Å². The molecule has 9 heteroatoms. The van der Waals surface area contributed by atoms with Crippen molar-refractivity contribution >= 4 is 29.4 Å². The van der Waals surface area contributed by atoms with Crippen LogP contribution in [0.1, 0.15) is 35.0 Å². The number of benzene rings is 1. The third kappa shape index (κ3) is 6.80. The first-order valence-corrected chi connectivity index (χ1v) is 13.3. The van der Waals surface area contributed by atoms with Crippen molar-refractivity contribution in [3.8, 4) is 17.0 Å². The van der Waals surface area contributed by atoms with Crippen molar-refractivity contribution in [3.63, 3.8) is 0 Å². The number of carbonyl (C=O) groups is 2. The van der Waals surface area contributed by atoms with Gasteiger partial charge in [0, 0.05) is 41.5 Å². The van der Waals surface area contributed by atoms with Crippen molar-refractivity contribution in [2.24, 2.45) is 0 Å². The van der Waals surface area contributed by atoms with Gasteiger partial charge in [-0.15, -0.1) is 11.8 Å². The number of rotatable bonds is 10. The number of ether oxygens (including phenoxy) is 1. The van der Waals surface area contributed by atoms with Gasteiger partial charge in [-0.3, -0.25) is 9.88 Å². The zero-order chi connectivity index (χ0) is 26.9. The summed E-state index contributed by atoms with van der Waals surface area (Å²) in [4.78, 5) is 36.0. The second-order valence-electron chi connectivity index (χ2n) is 8.64. The molecule has 1 aliphatic rings. The van der Waals surface area contributed by atoms with E-state index in [0.29, 0.717) is 31.1 Å². The van der Waals surface area contributed by atoms with E-state index in [9.17, 15) is 14.7 Å². The van der Waals surface area contributed by atoms with Gasteiger partial charge in [0.05, 0.1) is 18.2 Å². The van der Waals surface area contributed by atoms with Gasteiger partial charge in [-0.05, 0) is 61.2 Å². The molecule has 3 aromatic rings. The first-order chi connectivity index (χ1) is 18.5. The number of pyridine rings is 2. The number of aromatic carboxylic acids is 1. The van der Waals surface area contributed by atoms with Gasteiger partial charge in [0.2, 0.25) is 0 Å². The lowest BCUT2D eigenvalue weighted by Gasteiger charge is -2.30. The smallest absolute Gasteiger partial charge is 0.358 e. The van der Waals surface area contributed by atoms with Crippen molar-refractivity contribution < 1.29 is 19.4 Å². The molecule has 2 N–H and O–H groups in total. The van der Waals surface area contributed by atoms with Crippen LogP contribution in [-0.2, 0) is 12.8 Å². The van der Waals surface area contributed by atoms with Crippen LogP contribution in [0, 0.1) is 0 Å². The minimum Gasteiger partial charge on any atom is -0.491 e. The number of urea groups is 1. The maximum atomic E-state index is 13.0. The molecule has 0 bridgehead atoms. The molecule has 8 nitrogen and oxygen atoms in total. The number of nitrogens with zero attached hydrogens (tertiary/aromatic N) is 3. The number of nitrogens with one attached hydrogen (secondary N) is 1. The first-order valence-electron chi connectivity index (χ1n) is 12.4. The molecule has 38 heavy (non-hydrogen) atoms. The molecule has 2 aromatic heterocycles. The highest BCUT2D eigenvalue weighted by Crippen LogP contribution is 2.33. The number of hydrogen-bond acceptors (Lipinski definition) is 6. The van der Waals surface area contributed by atoms with Crippen LogP contribution in [0.3, 0.4) is 0 Å². The van der Waals surface area contributed by atoms with E-state index in [1.807, 2.05) is 49.4 Å². The summed E-state index contributed by atoms with van der Waals surface area (Å²) < 4.78 is 5.76. The molecule has 0 aliphatic carbocycles. The summed E-state index contributed by atoms with van der Waals surface area (Å²) in [6.45, 7) is 6.78. The number of hydrogen-bond donors (Lipinski definition) is 2. The maximum Gasteiger partial charge on any atom is 0.358 e. The van der Waals surface area contributed by atoms with Crippen molar-refractivity contribution in [3.05, 3.63) is 95.3 Å². The fourth-order valence-electron chi connectivity index (χ4n) is 4.17. The van der Waals surface area contributed by atoms with E-state index in [2.05, 4.69) is 21.9 Å². The molecule has 1 aliphatic heterocycles. The Bertz CT molecular complexity index is 1340. The number of anilines is 1. The highest BCUT2D eigenvalue weighted by molar-refractivity contribution is 8.03. The third-order valence-corrected chi connectivity index (χ3v) is 6.83. The predicted molar refractivity (Wildman–Crippen MR) is 151 cm³/mol. The average Bonchev–Trinajstić information content (AvgIpc) is 2.93. The van der Waals surface area contributed by atoms with Gasteiger partial charge < -0.3 is 15.2 Å². The predicted octanol–water partition coefficient (Wildman–Crippen LogP) is 5.71. The van der Waals surface area contributed by atoms with Gasteiger partial charge in [0.25, 0.3) is 0 Å². The zero-order valence-electron chi connectivity index (χ0n) is 21.2. The second-order valence-corrected chi connectivity index (χ2v) is 9.74. The Hall–Kier alpha value is -4.11. The van der Waals surface area contributed by atoms with Crippen molar-refractivity contribution in [2.45, 2.75) is 26.2 Å². The summed E-state index contributed by atoms with van der Waals surface area (Å²) in [6.07, 6.45) is 9.57. The summed E-state index contributed by atoms with van der Waals surface area (Å²) >= 11 is 1.46. The number of aryl methyl sites for hydroxylation is 1. The van der Waals surface area contributed by atoms with Crippen LogP contribution in [0.4, 0.5) is 10.5 Å². The summed E-state index contributed by atoms with van der Waals surface area (Å²) in [5.41, 5.74) is 3.99. The highest BCUT2D eigenvalue weighted by atomic mass is 32.2. The van der Waals surface area contributed by atoms with E-state index in [4.69, 9.17) is 4.74 Å². The fourth-order valence-corrected chi connectivity index (χ4v) is 4.78. The molecule has 0 fully saturated rings. The summed E-state index contributed by atoms with van der Waals surface area (Å²) in [5.74, 6) is -0.535. The Morgan fingerprint density at radius 3 is 2.79 bits per heavy atom. The summed E-state index contributed by atoms with van der Waals surface area (Å²) in [5, 5.41) is 12.7. The Balaban J connectivity index is 1.50. The molecule has 0 unspecified atom stereocenters. The van der Waals surface area contributed by atoms with Gasteiger partial charge >= 0.3 is 12.0 Å². The first kappa shape index (κ1) is 26.9. The molecule has 196 valence electrons. The van der Waals surface area contributed by atoms with Crippen molar-refractivity contribution in [1.29, 1.82) is 0 Å². The van der Waals surface area contributed by atoms with E-state index in [0.717, 1.165) is 40.1 Å². The van der Waals surface area contributed by atoms with Crippen molar-refractivity contribution in [2.75, 3.05) is 23.9 Å². The Morgan fingerprint density at radius 1 is 1.21 bits per heavy atom. The number of carboxylic acids is 1. The van der Waals surface area contributed by atoms with Crippen molar-refractivity contribution in [1.82, 2.24) is 15.3 Å². The Labute approximate surface area is 226 Å². The van der Waals surface area contributed by atoms with Gasteiger partial charge in [-0.2, -0.15) is 0 Å². The SMILES string of the molecule is C=C(/C=C\C)SCNC(=O)N1CCCc2ccc(-c3ccc(OCCc4ccncc4)c(C(=O)O)n3)cc21. The topological polar surface area (TPSA) is 105 Å². The minimum atomic E-state index is -1.17. The lowest BCUT2D eigenvalue weighted by atomic mass is 9.98. The van der Waals surface area contributed by atoms with Crippen LogP contribution in [0.15, 0.2) is 78.5 Å². The van der Waals surface area contributed by atoms with Gasteiger partial charge in [-0.1, -0.05) is 30.9 Å². The molecular weight excluding hydrogens is 500 g/mol. The lowest BCUT2D eigenvalue weighted by Crippen LogP contribution is -2.42. The van der Waals surface area contributed by atoms with Crippen LogP contribution in [-0.4, -0.2) is 46.1 Å².